The molecule has 0 saturated carbocycles. The van der Waals surface area contributed by atoms with Crippen molar-refractivity contribution >= 4 is 11.6 Å². The highest BCUT2D eigenvalue weighted by atomic mass is 16.5. The number of hydrogen-bond donors (Lipinski definition) is 2. The van der Waals surface area contributed by atoms with E-state index >= 15 is 0 Å². The molecular weight excluding hydrogens is 256 g/mol. The van der Waals surface area contributed by atoms with Crippen molar-refractivity contribution in [2.45, 2.75) is 13.0 Å². The highest BCUT2D eigenvalue weighted by molar-refractivity contribution is 5.99. The second-order valence-electron chi connectivity index (χ2n) is 4.92. The first-order valence-corrected chi connectivity index (χ1v) is 6.97. The minimum Gasteiger partial charge on any atom is -0.385 e. The van der Waals surface area contributed by atoms with E-state index < -0.39 is 0 Å². The molecule has 1 amide bonds. The molecule has 1 unspecified atom stereocenters. The van der Waals surface area contributed by atoms with Gasteiger partial charge in [0.1, 0.15) is 0 Å². The Morgan fingerprint density at radius 1 is 1.60 bits per heavy atom. The third kappa shape index (κ3) is 3.91. The molecule has 0 aliphatic carbocycles. The quantitative estimate of drug-likeness (QED) is 0.824. The van der Waals surface area contributed by atoms with Gasteiger partial charge in [0.05, 0.1) is 24.0 Å². The lowest BCUT2D eigenvalue weighted by atomic mass is 10.2. The molecular formula is C14H22N4O2. The number of pyridine rings is 1. The average Bonchev–Trinajstić information content (AvgIpc) is 2.46. The molecule has 1 aliphatic heterocycles. The standard InChI is InChI=1S/C14H22N4O2/c1-3-16-13-4-5-15-9-12(13)14(19)17-8-11-10-18(2)6-7-20-11/h4-5,9,11H,3,6-8,10H2,1-2H3,(H,15,16)(H,17,19). The summed E-state index contributed by atoms with van der Waals surface area (Å²) in [4.78, 5) is 18.4. The van der Waals surface area contributed by atoms with Gasteiger partial charge in [-0.05, 0) is 20.0 Å². The number of amides is 1. The third-order valence-corrected chi connectivity index (χ3v) is 3.27. The van der Waals surface area contributed by atoms with Crippen molar-refractivity contribution in [1.29, 1.82) is 0 Å². The summed E-state index contributed by atoms with van der Waals surface area (Å²) in [5.74, 6) is -0.120. The molecule has 2 N–H and O–H groups in total. The van der Waals surface area contributed by atoms with Gasteiger partial charge in [-0.25, -0.2) is 0 Å². The molecule has 2 rings (SSSR count). The normalized spacial score (nSPS) is 19.6. The number of carbonyl (C=O) groups excluding carboxylic acids is 1. The first-order chi connectivity index (χ1) is 9.70. The van der Waals surface area contributed by atoms with Gasteiger partial charge in [-0.15, -0.1) is 0 Å². The summed E-state index contributed by atoms with van der Waals surface area (Å²) in [6.07, 6.45) is 3.31. The lowest BCUT2D eigenvalue weighted by Crippen LogP contribution is -2.46. The molecule has 0 radical (unpaired) electrons. The maximum Gasteiger partial charge on any atom is 0.255 e. The maximum absolute atomic E-state index is 12.2. The lowest BCUT2D eigenvalue weighted by molar-refractivity contribution is -0.0175. The van der Waals surface area contributed by atoms with Gasteiger partial charge in [0, 0.05) is 38.6 Å². The first kappa shape index (κ1) is 14.7. The highest BCUT2D eigenvalue weighted by Gasteiger charge is 2.19. The average molecular weight is 278 g/mol. The zero-order valence-corrected chi connectivity index (χ0v) is 12.1. The molecule has 6 heteroatoms. The van der Waals surface area contributed by atoms with Crippen LogP contribution in [0.25, 0.3) is 0 Å². The summed E-state index contributed by atoms with van der Waals surface area (Å²) in [7, 11) is 2.06. The molecule has 1 fully saturated rings. The van der Waals surface area contributed by atoms with E-state index in [1.807, 2.05) is 13.0 Å². The van der Waals surface area contributed by atoms with Crippen LogP contribution in [-0.2, 0) is 4.74 Å². The van der Waals surface area contributed by atoms with Gasteiger partial charge in [-0.2, -0.15) is 0 Å². The van der Waals surface area contributed by atoms with Crippen molar-refractivity contribution in [1.82, 2.24) is 15.2 Å². The van der Waals surface area contributed by atoms with E-state index in [9.17, 15) is 4.79 Å². The number of rotatable bonds is 5. The lowest BCUT2D eigenvalue weighted by Gasteiger charge is -2.30. The largest absolute Gasteiger partial charge is 0.385 e. The SMILES string of the molecule is CCNc1ccncc1C(=O)NCC1CN(C)CCO1. The Hall–Kier alpha value is -1.66. The summed E-state index contributed by atoms with van der Waals surface area (Å²) in [6.45, 7) is 5.77. The van der Waals surface area contributed by atoms with E-state index in [0.717, 1.165) is 25.3 Å². The van der Waals surface area contributed by atoms with Gasteiger partial charge in [0.25, 0.3) is 5.91 Å². The highest BCUT2D eigenvalue weighted by Crippen LogP contribution is 2.13. The Morgan fingerprint density at radius 3 is 3.20 bits per heavy atom. The van der Waals surface area contributed by atoms with E-state index in [-0.39, 0.29) is 12.0 Å². The van der Waals surface area contributed by atoms with Crippen LogP contribution in [0.3, 0.4) is 0 Å². The molecule has 1 atom stereocenters. The molecule has 2 heterocycles. The van der Waals surface area contributed by atoms with Gasteiger partial charge in [0.15, 0.2) is 0 Å². The fourth-order valence-corrected chi connectivity index (χ4v) is 2.21. The summed E-state index contributed by atoms with van der Waals surface area (Å²) in [5.41, 5.74) is 1.38. The fraction of sp³-hybridized carbons (Fsp3) is 0.571. The number of anilines is 1. The van der Waals surface area contributed by atoms with Gasteiger partial charge in [-0.1, -0.05) is 0 Å². The zero-order chi connectivity index (χ0) is 14.4. The minimum atomic E-state index is -0.120. The Morgan fingerprint density at radius 2 is 2.45 bits per heavy atom. The molecule has 1 aromatic heterocycles. The van der Waals surface area contributed by atoms with Crippen molar-refractivity contribution in [2.24, 2.45) is 0 Å². The molecule has 0 spiro atoms. The summed E-state index contributed by atoms with van der Waals surface area (Å²) >= 11 is 0. The number of morpholine rings is 1. The van der Waals surface area contributed by atoms with Crippen molar-refractivity contribution in [2.75, 3.05) is 45.2 Å². The Kier molecular flexibility index (Phi) is 5.31. The van der Waals surface area contributed by atoms with Crippen LogP contribution >= 0.6 is 0 Å². The molecule has 6 nitrogen and oxygen atoms in total. The monoisotopic (exact) mass is 278 g/mol. The molecule has 1 aliphatic rings. The number of nitrogens with one attached hydrogen (secondary N) is 2. The molecule has 0 bridgehead atoms. The van der Waals surface area contributed by atoms with Gasteiger partial charge < -0.3 is 20.3 Å². The van der Waals surface area contributed by atoms with Crippen LogP contribution in [0.5, 0.6) is 0 Å². The molecule has 0 aromatic carbocycles. The predicted octanol–water partition coefficient (Wildman–Crippen LogP) is 0.574. The first-order valence-electron chi connectivity index (χ1n) is 6.97. The van der Waals surface area contributed by atoms with Crippen LogP contribution < -0.4 is 10.6 Å². The molecule has 1 aromatic rings. The van der Waals surface area contributed by atoms with Gasteiger partial charge >= 0.3 is 0 Å². The number of likely N-dealkylation sites (N-methyl/N-ethyl adjacent to an activating group) is 1. The topological polar surface area (TPSA) is 66.5 Å². The summed E-state index contributed by atoms with van der Waals surface area (Å²) in [6, 6.07) is 1.81. The van der Waals surface area contributed by atoms with E-state index in [0.29, 0.717) is 18.7 Å². The van der Waals surface area contributed by atoms with E-state index in [1.54, 1.807) is 12.4 Å². The Labute approximate surface area is 119 Å². The van der Waals surface area contributed by atoms with Crippen LogP contribution in [0.4, 0.5) is 5.69 Å². The molecule has 20 heavy (non-hydrogen) atoms. The number of nitrogens with zero attached hydrogens (tertiary/aromatic N) is 2. The number of hydrogen-bond acceptors (Lipinski definition) is 5. The van der Waals surface area contributed by atoms with Crippen LogP contribution in [0, 0.1) is 0 Å². The number of carbonyl (C=O) groups is 1. The van der Waals surface area contributed by atoms with Gasteiger partial charge in [0.2, 0.25) is 0 Å². The van der Waals surface area contributed by atoms with Crippen LogP contribution in [0.1, 0.15) is 17.3 Å². The van der Waals surface area contributed by atoms with E-state index in [2.05, 4.69) is 27.6 Å². The summed E-state index contributed by atoms with van der Waals surface area (Å²) in [5, 5.41) is 6.08. The van der Waals surface area contributed by atoms with Crippen molar-refractivity contribution < 1.29 is 9.53 Å². The zero-order valence-electron chi connectivity index (χ0n) is 12.1. The van der Waals surface area contributed by atoms with Crippen molar-refractivity contribution in [3.8, 4) is 0 Å². The minimum absolute atomic E-state index is 0.0527. The van der Waals surface area contributed by atoms with Gasteiger partial charge in [-0.3, -0.25) is 9.78 Å². The Bertz CT molecular complexity index is 453. The number of ether oxygens (including phenoxy) is 1. The predicted molar refractivity (Wildman–Crippen MR) is 78.0 cm³/mol. The molecule has 1 saturated heterocycles. The van der Waals surface area contributed by atoms with Crippen LogP contribution in [0.2, 0.25) is 0 Å². The third-order valence-electron chi connectivity index (χ3n) is 3.27. The fourth-order valence-electron chi connectivity index (χ4n) is 2.21. The second-order valence-corrected chi connectivity index (χ2v) is 4.92. The Balaban J connectivity index is 1.91. The second kappa shape index (κ2) is 7.21. The van der Waals surface area contributed by atoms with Crippen molar-refractivity contribution in [3.05, 3.63) is 24.0 Å². The molecule has 110 valence electrons. The van der Waals surface area contributed by atoms with Crippen molar-refractivity contribution in [3.63, 3.8) is 0 Å². The summed E-state index contributed by atoms with van der Waals surface area (Å²) < 4.78 is 5.62. The van der Waals surface area contributed by atoms with Crippen LogP contribution in [-0.4, -0.2) is 61.7 Å². The number of aromatic nitrogens is 1. The van der Waals surface area contributed by atoms with E-state index in [4.69, 9.17) is 4.74 Å². The van der Waals surface area contributed by atoms with Crippen LogP contribution in [0.15, 0.2) is 18.5 Å². The maximum atomic E-state index is 12.2. The smallest absolute Gasteiger partial charge is 0.255 e. The van der Waals surface area contributed by atoms with E-state index in [1.165, 1.54) is 0 Å².